The molecule has 0 saturated heterocycles. The second kappa shape index (κ2) is 9.11. The molecule has 0 unspecified atom stereocenters. The van der Waals surface area contributed by atoms with Gasteiger partial charge in [0.25, 0.3) is 12.3 Å². The third-order valence-electron chi connectivity index (χ3n) is 4.99. The largest absolute Gasteiger partial charge is 0.416 e. The molecule has 0 fully saturated rings. The van der Waals surface area contributed by atoms with Crippen LogP contribution in [0.4, 0.5) is 27.6 Å². The van der Waals surface area contributed by atoms with Crippen molar-refractivity contribution < 1.29 is 35.2 Å². The fourth-order valence-corrected chi connectivity index (χ4v) is 3.95. The summed E-state index contributed by atoms with van der Waals surface area (Å²) in [5, 5.41) is 11.2. The average Bonchev–Trinajstić information content (AvgIpc) is 3.22. The monoisotopic (exact) mass is 545 g/mol. The van der Waals surface area contributed by atoms with E-state index in [1.54, 1.807) is 0 Å². The average molecular weight is 546 g/mol. The predicted molar refractivity (Wildman–Crippen MR) is 119 cm³/mol. The summed E-state index contributed by atoms with van der Waals surface area (Å²) in [6.45, 7) is 0. The Morgan fingerprint density at radius 3 is 2.33 bits per heavy atom. The number of carbonyl (C=O) groups excluding carboxylic acids is 1. The molecule has 2 aromatic carbocycles. The number of hydrogen-bond donors (Lipinski definition) is 2. The van der Waals surface area contributed by atoms with Gasteiger partial charge in [0.2, 0.25) is 10.0 Å². The fraction of sp³-hybridized carbons (Fsp3) is 0.0952. The molecular formula is C21H13ClF5N5O3S. The number of nitrogens with zero attached hydrogens (tertiary/aromatic N) is 3. The van der Waals surface area contributed by atoms with Crippen LogP contribution in [-0.2, 0) is 16.2 Å². The fourth-order valence-electron chi connectivity index (χ4n) is 3.25. The molecule has 2 heterocycles. The molecule has 0 aliphatic carbocycles. The number of nitrogens with two attached hydrogens (primary N) is 1. The Hall–Kier alpha value is -3.62. The van der Waals surface area contributed by atoms with Crippen molar-refractivity contribution in [1.29, 1.82) is 0 Å². The number of carbonyl (C=O) groups is 1. The number of hydrogen-bond acceptors (Lipinski definition) is 5. The molecule has 0 aliphatic rings. The number of aromatic nitrogens is 3. The number of rotatable bonds is 5. The lowest BCUT2D eigenvalue weighted by Crippen LogP contribution is -2.15. The molecule has 0 aliphatic heterocycles. The molecule has 2 aromatic heterocycles. The van der Waals surface area contributed by atoms with E-state index in [9.17, 15) is 35.2 Å². The summed E-state index contributed by atoms with van der Waals surface area (Å²) < 4.78 is 90.1. The van der Waals surface area contributed by atoms with Crippen molar-refractivity contribution in [2.45, 2.75) is 17.5 Å². The summed E-state index contributed by atoms with van der Waals surface area (Å²) in [5.74, 6) is -0.921. The maximum atomic E-state index is 13.8. The third-order valence-corrected chi connectivity index (χ3v) is 6.23. The summed E-state index contributed by atoms with van der Waals surface area (Å²) in [7, 11) is -4.12. The van der Waals surface area contributed by atoms with E-state index in [-0.39, 0.29) is 38.1 Å². The first-order valence-corrected chi connectivity index (χ1v) is 11.7. The highest BCUT2D eigenvalue weighted by Crippen LogP contribution is 2.32. The molecule has 188 valence electrons. The van der Waals surface area contributed by atoms with Crippen LogP contribution in [-0.4, -0.2) is 28.9 Å². The smallest absolute Gasteiger partial charge is 0.320 e. The maximum Gasteiger partial charge on any atom is 0.416 e. The van der Waals surface area contributed by atoms with Crippen LogP contribution in [0.2, 0.25) is 5.02 Å². The molecule has 0 bridgehead atoms. The van der Waals surface area contributed by atoms with E-state index in [4.69, 9.17) is 16.7 Å². The second-order valence-electron chi connectivity index (χ2n) is 7.38. The number of anilines is 1. The molecule has 4 aromatic rings. The zero-order valence-electron chi connectivity index (χ0n) is 17.6. The lowest BCUT2D eigenvalue weighted by atomic mass is 10.1. The Bertz CT molecular complexity index is 1590. The standard InChI is InChI=1S/C21H13ClF5N5O3S/c22-14-6-5-12(36(28,34)35)7-16(14)31-20(33)13-9-29-32-17(18(23)24)8-15(30-19(13)32)10-1-3-11(4-2-10)21(25,26)27/h1-9,18H,(H,31,33)(H2,28,34,35). The highest BCUT2D eigenvalue weighted by molar-refractivity contribution is 7.89. The first-order valence-electron chi connectivity index (χ1n) is 9.74. The molecule has 0 radical (unpaired) electrons. The van der Waals surface area contributed by atoms with E-state index in [1.165, 1.54) is 6.07 Å². The van der Waals surface area contributed by atoms with Crippen molar-refractivity contribution in [3.63, 3.8) is 0 Å². The molecule has 0 atom stereocenters. The van der Waals surface area contributed by atoms with Gasteiger partial charge in [0.15, 0.2) is 5.65 Å². The summed E-state index contributed by atoms with van der Waals surface area (Å²) >= 11 is 6.02. The lowest BCUT2D eigenvalue weighted by molar-refractivity contribution is -0.137. The molecular weight excluding hydrogens is 533 g/mol. The predicted octanol–water partition coefficient (Wildman–Crippen LogP) is 4.91. The van der Waals surface area contributed by atoms with Gasteiger partial charge in [0.1, 0.15) is 11.3 Å². The number of sulfonamides is 1. The molecule has 36 heavy (non-hydrogen) atoms. The number of primary sulfonamides is 1. The Morgan fingerprint density at radius 2 is 1.75 bits per heavy atom. The minimum Gasteiger partial charge on any atom is -0.320 e. The minimum absolute atomic E-state index is 0.0427. The molecule has 1 amide bonds. The number of nitrogens with one attached hydrogen (secondary N) is 1. The molecule has 0 saturated carbocycles. The normalized spacial score (nSPS) is 12.3. The molecule has 3 N–H and O–H groups in total. The van der Waals surface area contributed by atoms with Crippen LogP contribution in [0, 0.1) is 0 Å². The van der Waals surface area contributed by atoms with Crippen molar-refractivity contribution >= 4 is 38.9 Å². The van der Waals surface area contributed by atoms with E-state index >= 15 is 0 Å². The highest BCUT2D eigenvalue weighted by Gasteiger charge is 2.30. The number of alkyl halides is 5. The van der Waals surface area contributed by atoms with Crippen LogP contribution < -0.4 is 10.5 Å². The van der Waals surface area contributed by atoms with Crippen molar-refractivity contribution in [2.75, 3.05) is 5.32 Å². The maximum absolute atomic E-state index is 13.8. The molecule has 15 heteroatoms. The summed E-state index contributed by atoms with van der Waals surface area (Å²) in [6.07, 6.45) is -6.71. The van der Waals surface area contributed by atoms with Gasteiger partial charge >= 0.3 is 6.18 Å². The topological polar surface area (TPSA) is 119 Å². The van der Waals surface area contributed by atoms with Gasteiger partial charge in [0.05, 0.1) is 33.1 Å². The first-order chi connectivity index (χ1) is 16.8. The zero-order chi connectivity index (χ0) is 26.4. The number of fused-ring (bicyclic) bond motifs is 1. The van der Waals surface area contributed by atoms with Crippen molar-refractivity contribution in [2.24, 2.45) is 5.14 Å². The Balaban J connectivity index is 1.78. The third kappa shape index (κ3) is 5.01. The van der Waals surface area contributed by atoms with Gasteiger partial charge in [-0.05, 0) is 36.4 Å². The summed E-state index contributed by atoms with van der Waals surface area (Å²) in [5.41, 5.74) is -2.39. The van der Waals surface area contributed by atoms with Crippen molar-refractivity contribution in [1.82, 2.24) is 14.6 Å². The van der Waals surface area contributed by atoms with E-state index in [0.717, 1.165) is 53.2 Å². The lowest BCUT2D eigenvalue weighted by Gasteiger charge is -2.11. The van der Waals surface area contributed by atoms with Gasteiger partial charge in [-0.1, -0.05) is 23.7 Å². The van der Waals surface area contributed by atoms with E-state index in [2.05, 4.69) is 15.4 Å². The molecule has 0 spiro atoms. The summed E-state index contributed by atoms with van der Waals surface area (Å²) in [6, 6.07) is 7.92. The number of benzene rings is 2. The van der Waals surface area contributed by atoms with Gasteiger partial charge in [-0.25, -0.2) is 31.8 Å². The molecule has 8 nitrogen and oxygen atoms in total. The van der Waals surface area contributed by atoms with E-state index in [1.807, 2.05) is 0 Å². The highest BCUT2D eigenvalue weighted by atomic mass is 35.5. The van der Waals surface area contributed by atoms with Crippen molar-refractivity contribution in [3.8, 4) is 11.3 Å². The van der Waals surface area contributed by atoms with Crippen LogP contribution in [0.25, 0.3) is 16.9 Å². The van der Waals surface area contributed by atoms with Crippen LogP contribution in [0.1, 0.15) is 28.0 Å². The van der Waals surface area contributed by atoms with Gasteiger partial charge in [-0.3, -0.25) is 4.79 Å². The van der Waals surface area contributed by atoms with Gasteiger partial charge in [-0.15, -0.1) is 0 Å². The Labute approximate surface area is 204 Å². The summed E-state index contributed by atoms with van der Waals surface area (Å²) in [4.78, 5) is 16.7. The van der Waals surface area contributed by atoms with Crippen LogP contribution in [0.3, 0.4) is 0 Å². The number of amides is 1. The van der Waals surface area contributed by atoms with Crippen LogP contribution >= 0.6 is 11.6 Å². The van der Waals surface area contributed by atoms with Crippen LogP contribution in [0.5, 0.6) is 0 Å². The molecule has 4 rings (SSSR count). The first kappa shape index (κ1) is 25.5. The Kier molecular flexibility index (Phi) is 6.45. The van der Waals surface area contributed by atoms with E-state index in [0.29, 0.717) is 0 Å². The van der Waals surface area contributed by atoms with Crippen LogP contribution in [0.15, 0.2) is 59.6 Å². The zero-order valence-corrected chi connectivity index (χ0v) is 19.2. The van der Waals surface area contributed by atoms with Gasteiger partial charge < -0.3 is 5.32 Å². The minimum atomic E-state index is -4.59. The number of halogens is 6. The van der Waals surface area contributed by atoms with Gasteiger partial charge in [0, 0.05) is 5.56 Å². The van der Waals surface area contributed by atoms with Crippen molar-refractivity contribution in [3.05, 3.63) is 76.6 Å². The van der Waals surface area contributed by atoms with E-state index < -0.39 is 39.8 Å². The second-order valence-corrected chi connectivity index (χ2v) is 9.35. The van der Waals surface area contributed by atoms with Gasteiger partial charge in [-0.2, -0.15) is 18.3 Å². The SMILES string of the molecule is NS(=O)(=O)c1ccc(Cl)c(NC(=O)c2cnn3c(C(F)F)cc(-c4ccc(C(F)(F)F)cc4)nc23)c1. The quantitative estimate of drug-likeness (QED) is 0.346. The Morgan fingerprint density at radius 1 is 1.08 bits per heavy atom.